The van der Waals surface area contributed by atoms with Crippen LogP contribution in [0.2, 0.25) is 0 Å². The fourth-order valence-electron chi connectivity index (χ4n) is 1.72. The third-order valence-electron chi connectivity index (χ3n) is 2.73. The summed E-state index contributed by atoms with van der Waals surface area (Å²) in [5.74, 6) is 1.32. The van der Waals surface area contributed by atoms with Gasteiger partial charge in [-0.3, -0.25) is 0 Å². The van der Waals surface area contributed by atoms with Crippen molar-refractivity contribution < 1.29 is 0 Å². The Kier molecular flexibility index (Phi) is 2.88. The van der Waals surface area contributed by atoms with E-state index in [2.05, 4.69) is 26.1 Å². The molecule has 0 atom stereocenters. The third-order valence-corrected chi connectivity index (χ3v) is 4.29. The molecule has 0 spiro atoms. The molecule has 1 aromatic heterocycles. The minimum Gasteiger partial charge on any atom is -0.315 e. The molecule has 1 aliphatic rings. The van der Waals surface area contributed by atoms with Crippen molar-refractivity contribution in [3.05, 3.63) is 15.6 Å². The highest BCUT2D eigenvalue weighted by Crippen LogP contribution is 2.32. The fraction of sp³-hybridized carbons (Fsp3) is 0.727. The summed E-state index contributed by atoms with van der Waals surface area (Å²) in [4.78, 5) is 6.25. The first-order chi connectivity index (χ1) is 6.72. The molecule has 1 aromatic rings. The van der Waals surface area contributed by atoms with Gasteiger partial charge in [-0.1, -0.05) is 20.8 Å². The summed E-state index contributed by atoms with van der Waals surface area (Å²) in [5, 5.41) is 4.65. The Balaban J connectivity index is 2.25. The zero-order valence-electron chi connectivity index (χ0n) is 9.13. The molecule has 1 aliphatic heterocycles. The molecule has 0 amide bonds. The van der Waals surface area contributed by atoms with Crippen LogP contribution in [0.3, 0.4) is 0 Å². The molecule has 0 unspecified atom stereocenters. The topological polar surface area (TPSA) is 24.9 Å². The number of hydrogen-bond acceptors (Lipinski definition) is 3. The lowest BCUT2D eigenvalue weighted by atomic mass is 10.1. The van der Waals surface area contributed by atoms with Gasteiger partial charge in [-0.15, -0.1) is 11.3 Å². The maximum absolute atomic E-state index is 4.75. The normalized spacial score (nSPS) is 17.4. The second-order valence-corrected chi connectivity index (χ2v) is 5.29. The van der Waals surface area contributed by atoms with Crippen molar-refractivity contribution in [1.29, 1.82) is 0 Å². The van der Waals surface area contributed by atoms with E-state index in [4.69, 9.17) is 4.98 Å². The quantitative estimate of drug-likeness (QED) is 0.829. The highest BCUT2D eigenvalue weighted by atomic mass is 32.1. The molecule has 0 aliphatic carbocycles. The van der Waals surface area contributed by atoms with E-state index in [0.717, 1.165) is 19.5 Å². The van der Waals surface area contributed by atoms with Gasteiger partial charge in [0.2, 0.25) is 0 Å². The smallest absolute Gasteiger partial charge is 0.0987 e. The lowest BCUT2D eigenvalue weighted by Gasteiger charge is -2.24. The summed E-state index contributed by atoms with van der Waals surface area (Å²) >= 11 is 1.92. The van der Waals surface area contributed by atoms with E-state index in [-0.39, 0.29) is 0 Å². The minimum absolute atomic E-state index is 0.629. The molecular weight excluding hydrogens is 192 g/mol. The van der Waals surface area contributed by atoms with Crippen molar-refractivity contribution >= 4 is 11.3 Å². The molecule has 1 saturated heterocycles. The summed E-state index contributed by atoms with van der Waals surface area (Å²) in [6, 6.07) is 0. The van der Waals surface area contributed by atoms with Crippen molar-refractivity contribution in [2.24, 2.45) is 0 Å². The van der Waals surface area contributed by atoms with Gasteiger partial charge in [-0.25, -0.2) is 4.98 Å². The molecule has 2 rings (SSSR count). The van der Waals surface area contributed by atoms with Crippen LogP contribution in [0.1, 0.15) is 48.2 Å². The number of hydrogen-bond donors (Lipinski definition) is 1. The minimum atomic E-state index is 0.629. The van der Waals surface area contributed by atoms with Gasteiger partial charge in [0.25, 0.3) is 0 Å². The SMILES string of the molecule is CCc1nc(C2CNC2)sc1C(C)C. The molecule has 1 N–H and O–H groups in total. The van der Waals surface area contributed by atoms with Crippen LogP contribution in [0.15, 0.2) is 0 Å². The number of aryl methyl sites for hydroxylation is 1. The lowest BCUT2D eigenvalue weighted by Crippen LogP contribution is -2.39. The maximum Gasteiger partial charge on any atom is 0.0987 e. The summed E-state index contributed by atoms with van der Waals surface area (Å²) in [6.45, 7) is 8.96. The molecule has 2 heterocycles. The van der Waals surface area contributed by atoms with Gasteiger partial charge in [-0.05, 0) is 12.3 Å². The van der Waals surface area contributed by atoms with Gasteiger partial charge >= 0.3 is 0 Å². The van der Waals surface area contributed by atoms with Crippen LogP contribution in [0, 0.1) is 0 Å². The number of thiazole rings is 1. The second-order valence-electron chi connectivity index (χ2n) is 4.23. The summed E-state index contributed by atoms with van der Waals surface area (Å²) in [7, 11) is 0. The van der Waals surface area contributed by atoms with Crippen LogP contribution >= 0.6 is 11.3 Å². The molecule has 0 bridgehead atoms. The van der Waals surface area contributed by atoms with Crippen LogP contribution in [-0.2, 0) is 6.42 Å². The van der Waals surface area contributed by atoms with Crippen molar-refractivity contribution in [2.45, 2.75) is 39.0 Å². The predicted octanol–water partition coefficient (Wildman–Crippen LogP) is 2.52. The third kappa shape index (κ3) is 1.71. The van der Waals surface area contributed by atoms with E-state index in [1.807, 2.05) is 11.3 Å². The van der Waals surface area contributed by atoms with E-state index in [1.165, 1.54) is 15.6 Å². The van der Waals surface area contributed by atoms with Crippen LogP contribution in [-0.4, -0.2) is 18.1 Å². The van der Waals surface area contributed by atoms with Crippen molar-refractivity contribution in [1.82, 2.24) is 10.3 Å². The zero-order valence-corrected chi connectivity index (χ0v) is 9.95. The van der Waals surface area contributed by atoms with Crippen molar-refractivity contribution in [2.75, 3.05) is 13.1 Å². The van der Waals surface area contributed by atoms with Gasteiger partial charge in [0.15, 0.2) is 0 Å². The zero-order chi connectivity index (χ0) is 10.1. The molecule has 78 valence electrons. The average molecular weight is 210 g/mol. The van der Waals surface area contributed by atoms with E-state index in [0.29, 0.717) is 11.8 Å². The first-order valence-electron chi connectivity index (χ1n) is 5.42. The fourth-order valence-corrected chi connectivity index (χ4v) is 2.98. The van der Waals surface area contributed by atoms with E-state index in [9.17, 15) is 0 Å². The highest BCUT2D eigenvalue weighted by molar-refractivity contribution is 7.12. The largest absolute Gasteiger partial charge is 0.315 e. The highest BCUT2D eigenvalue weighted by Gasteiger charge is 2.24. The average Bonchev–Trinajstić information content (AvgIpc) is 2.45. The van der Waals surface area contributed by atoms with E-state index >= 15 is 0 Å². The number of nitrogens with one attached hydrogen (secondary N) is 1. The summed E-state index contributed by atoms with van der Waals surface area (Å²) in [6.07, 6.45) is 1.07. The monoisotopic (exact) mass is 210 g/mol. The standard InChI is InChI=1S/C11H18N2S/c1-4-9-10(7(2)3)14-11(13-9)8-5-12-6-8/h7-8,12H,4-6H2,1-3H3. The van der Waals surface area contributed by atoms with E-state index < -0.39 is 0 Å². The predicted molar refractivity (Wildman–Crippen MR) is 61.2 cm³/mol. The van der Waals surface area contributed by atoms with Crippen molar-refractivity contribution in [3.8, 4) is 0 Å². The van der Waals surface area contributed by atoms with Crippen LogP contribution in [0.4, 0.5) is 0 Å². The summed E-state index contributed by atoms with van der Waals surface area (Å²) in [5.41, 5.74) is 1.33. The molecular formula is C11H18N2S. The first-order valence-corrected chi connectivity index (χ1v) is 6.24. The Morgan fingerprint density at radius 3 is 2.57 bits per heavy atom. The number of rotatable bonds is 3. The lowest BCUT2D eigenvalue weighted by molar-refractivity contribution is 0.446. The Hall–Kier alpha value is -0.410. The first kappa shape index (κ1) is 10.1. The number of aromatic nitrogens is 1. The van der Waals surface area contributed by atoms with Gasteiger partial charge in [0.1, 0.15) is 0 Å². The Morgan fingerprint density at radius 1 is 1.50 bits per heavy atom. The van der Waals surface area contributed by atoms with Gasteiger partial charge in [-0.2, -0.15) is 0 Å². The Bertz CT molecular complexity index is 313. The Morgan fingerprint density at radius 2 is 2.21 bits per heavy atom. The molecule has 2 nitrogen and oxygen atoms in total. The maximum atomic E-state index is 4.75. The molecule has 14 heavy (non-hydrogen) atoms. The molecule has 0 saturated carbocycles. The summed E-state index contributed by atoms with van der Waals surface area (Å²) < 4.78 is 0. The van der Waals surface area contributed by atoms with Crippen LogP contribution in [0.25, 0.3) is 0 Å². The molecule has 1 fully saturated rings. The van der Waals surface area contributed by atoms with Crippen molar-refractivity contribution in [3.63, 3.8) is 0 Å². The molecule has 0 aromatic carbocycles. The van der Waals surface area contributed by atoms with E-state index in [1.54, 1.807) is 0 Å². The second kappa shape index (κ2) is 3.99. The Labute approximate surface area is 89.8 Å². The van der Waals surface area contributed by atoms with Gasteiger partial charge in [0, 0.05) is 23.9 Å². The number of nitrogens with zero attached hydrogens (tertiary/aromatic N) is 1. The van der Waals surface area contributed by atoms with Gasteiger partial charge in [0.05, 0.1) is 10.7 Å². The van der Waals surface area contributed by atoms with Crippen LogP contribution in [0.5, 0.6) is 0 Å². The molecule has 3 heteroatoms. The van der Waals surface area contributed by atoms with Crippen LogP contribution < -0.4 is 5.32 Å². The molecule has 0 radical (unpaired) electrons. The van der Waals surface area contributed by atoms with Gasteiger partial charge < -0.3 is 5.32 Å².